The largest absolute Gasteiger partial charge is 0.508 e. The summed E-state index contributed by atoms with van der Waals surface area (Å²) < 4.78 is 0. The first-order chi connectivity index (χ1) is 15.4. The number of carbonyl (C=O) groups is 5. The molecule has 0 fully saturated rings. The number of nitrogens with one attached hydrogen (secondary N) is 3. The quantitative estimate of drug-likeness (QED) is 0.155. The van der Waals surface area contributed by atoms with Crippen molar-refractivity contribution in [3.63, 3.8) is 0 Å². The molecule has 0 spiro atoms. The summed E-state index contributed by atoms with van der Waals surface area (Å²) in [6, 6.07) is 0.871. The highest BCUT2D eigenvalue weighted by molar-refractivity contribution is 7.80. The third-order valence-electron chi connectivity index (χ3n) is 4.50. The van der Waals surface area contributed by atoms with Gasteiger partial charge in [-0.15, -0.1) is 0 Å². The molecule has 182 valence electrons. The van der Waals surface area contributed by atoms with Gasteiger partial charge in [0.05, 0.1) is 6.04 Å². The number of benzene rings is 1. The molecule has 13 heteroatoms. The molecule has 0 aliphatic rings. The minimum absolute atomic E-state index is 0.0130. The predicted octanol–water partition coefficient (Wildman–Crippen LogP) is -1.38. The summed E-state index contributed by atoms with van der Waals surface area (Å²) in [6.45, 7) is 1.41. The third-order valence-corrected chi connectivity index (χ3v) is 4.86. The summed E-state index contributed by atoms with van der Waals surface area (Å²) in [5.41, 5.74) is 5.97. The van der Waals surface area contributed by atoms with Crippen molar-refractivity contribution in [1.29, 1.82) is 0 Å². The van der Waals surface area contributed by atoms with Crippen LogP contribution in [0.15, 0.2) is 24.3 Å². The summed E-state index contributed by atoms with van der Waals surface area (Å²) in [7, 11) is 0. The number of aliphatic carboxylic acids is 2. The van der Waals surface area contributed by atoms with E-state index >= 15 is 0 Å². The van der Waals surface area contributed by atoms with Crippen molar-refractivity contribution in [2.75, 3.05) is 5.75 Å². The average Bonchev–Trinajstić information content (AvgIpc) is 2.74. The van der Waals surface area contributed by atoms with Gasteiger partial charge in [0, 0.05) is 18.6 Å². The Morgan fingerprint density at radius 3 is 1.91 bits per heavy atom. The van der Waals surface area contributed by atoms with Gasteiger partial charge >= 0.3 is 11.9 Å². The molecule has 1 rings (SSSR count). The number of carboxylic acids is 2. The number of rotatable bonds is 13. The van der Waals surface area contributed by atoms with Crippen LogP contribution >= 0.6 is 12.6 Å². The zero-order valence-electron chi connectivity index (χ0n) is 17.9. The van der Waals surface area contributed by atoms with Crippen molar-refractivity contribution >= 4 is 42.3 Å². The van der Waals surface area contributed by atoms with Crippen molar-refractivity contribution in [2.24, 2.45) is 5.73 Å². The van der Waals surface area contributed by atoms with E-state index in [1.54, 1.807) is 0 Å². The van der Waals surface area contributed by atoms with Crippen LogP contribution < -0.4 is 21.7 Å². The van der Waals surface area contributed by atoms with Crippen LogP contribution in [0.2, 0.25) is 0 Å². The number of nitrogens with two attached hydrogens (primary N) is 1. The molecule has 8 N–H and O–H groups in total. The molecule has 0 aromatic heterocycles. The molecule has 12 nitrogen and oxygen atoms in total. The summed E-state index contributed by atoms with van der Waals surface area (Å²) in [6.07, 6.45) is -0.921. The first kappa shape index (κ1) is 27.7. The average molecular weight is 485 g/mol. The molecule has 0 saturated heterocycles. The monoisotopic (exact) mass is 484 g/mol. The zero-order valence-corrected chi connectivity index (χ0v) is 18.7. The minimum Gasteiger partial charge on any atom is -0.508 e. The molecular weight excluding hydrogens is 456 g/mol. The molecule has 1 aromatic carbocycles. The first-order valence-corrected chi connectivity index (χ1v) is 10.6. The van der Waals surface area contributed by atoms with Gasteiger partial charge in [0.25, 0.3) is 0 Å². The Balaban J connectivity index is 2.95. The van der Waals surface area contributed by atoms with Crippen LogP contribution in [0.3, 0.4) is 0 Å². The van der Waals surface area contributed by atoms with Crippen LogP contribution in [0.5, 0.6) is 5.75 Å². The summed E-state index contributed by atoms with van der Waals surface area (Å²) in [4.78, 5) is 59.7. The van der Waals surface area contributed by atoms with Crippen LogP contribution in [-0.4, -0.2) is 74.9 Å². The second-order valence-corrected chi connectivity index (χ2v) is 7.66. The lowest BCUT2D eigenvalue weighted by atomic mass is 10.0. The van der Waals surface area contributed by atoms with E-state index in [0.29, 0.717) is 5.56 Å². The molecular formula is C20H28N4O8S. The van der Waals surface area contributed by atoms with Crippen LogP contribution in [0.25, 0.3) is 0 Å². The maximum Gasteiger partial charge on any atom is 0.326 e. The highest BCUT2D eigenvalue weighted by Gasteiger charge is 2.30. The molecule has 1 aromatic rings. The molecule has 33 heavy (non-hydrogen) atoms. The van der Waals surface area contributed by atoms with Gasteiger partial charge in [-0.2, -0.15) is 12.6 Å². The topological polar surface area (TPSA) is 208 Å². The SMILES string of the molecule is CC(N)C(=O)NC(CS)C(=O)NC(CCC(=O)O)C(=O)NC(Cc1ccc(O)cc1)C(=O)O. The van der Waals surface area contributed by atoms with Crippen molar-refractivity contribution in [1.82, 2.24) is 16.0 Å². The third kappa shape index (κ3) is 9.78. The number of amides is 3. The second-order valence-electron chi connectivity index (χ2n) is 7.30. The Kier molecular flexibility index (Phi) is 11.2. The zero-order chi connectivity index (χ0) is 25.1. The second kappa shape index (κ2) is 13.3. The van der Waals surface area contributed by atoms with Crippen molar-refractivity contribution in [3.8, 4) is 5.75 Å². The van der Waals surface area contributed by atoms with E-state index in [9.17, 15) is 34.2 Å². The number of carboxylic acid groups (broad SMARTS) is 2. The number of carbonyl (C=O) groups excluding carboxylic acids is 3. The highest BCUT2D eigenvalue weighted by atomic mass is 32.1. The number of phenolic OH excluding ortho intramolecular Hbond substituents is 1. The number of thiol groups is 1. The smallest absolute Gasteiger partial charge is 0.326 e. The maximum absolute atomic E-state index is 12.7. The molecule has 0 radical (unpaired) electrons. The molecule has 0 saturated carbocycles. The van der Waals surface area contributed by atoms with Gasteiger partial charge in [-0.25, -0.2) is 4.79 Å². The van der Waals surface area contributed by atoms with Gasteiger partial charge in [-0.3, -0.25) is 19.2 Å². The highest BCUT2D eigenvalue weighted by Crippen LogP contribution is 2.12. The molecule has 0 aliphatic carbocycles. The fraction of sp³-hybridized carbons (Fsp3) is 0.450. The predicted molar refractivity (Wildman–Crippen MR) is 120 cm³/mol. The van der Waals surface area contributed by atoms with Gasteiger partial charge in [0.15, 0.2) is 0 Å². The fourth-order valence-corrected chi connectivity index (χ4v) is 2.90. The summed E-state index contributed by atoms with van der Waals surface area (Å²) in [5.74, 6) is -5.07. The summed E-state index contributed by atoms with van der Waals surface area (Å²) in [5, 5.41) is 34.8. The normalized spacial score (nSPS) is 14.3. The van der Waals surface area contributed by atoms with Crippen molar-refractivity contribution < 1.29 is 39.3 Å². The van der Waals surface area contributed by atoms with E-state index in [4.69, 9.17) is 10.8 Å². The number of hydrogen-bond acceptors (Lipinski definition) is 8. The molecule has 4 atom stereocenters. The maximum atomic E-state index is 12.7. The van der Waals surface area contributed by atoms with Crippen LogP contribution in [0.4, 0.5) is 0 Å². The van der Waals surface area contributed by atoms with Crippen molar-refractivity contribution in [2.45, 2.75) is 50.4 Å². The van der Waals surface area contributed by atoms with E-state index in [0.717, 1.165) is 0 Å². The molecule has 0 heterocycles. The van der Waals surface area contributed by atoms with Gasteiger partial charge in [-0.05, 0) is 31.0 Å². The van der Waals surface area contributed by atoms with Crippen LogP contribution in [0.1, 0.15) is 25.3 Å². The number of phenols is 1. The fourth-order valence-electron chi connectivity index (χ4n) is 2.65. The van der Waals surface area contributed by atoms with E-state index in [-0.39, 0.29) is 24.3 Å². The number of aromatic hydroxyl groups is 1. The van der Waals surface area contributed by atoms with Crippen molar-refractivity contribution in [3.05, 3.63) is 29.8 Å². The van der Waals surface area contributed by atoms with Gasteiger partial charge in [-0.1, -0.05) is 12.1 Å². The first-order valence-electron chi connectivity index (χ1n) is 9.94. The minimum atomic E-state index is -1.38. The number of hydrogen-bond donors (Lipinski definition) is 8. The van der Waals surface area contributed by atoms with Crippen LogP contribution in [-0.2, 0) is 30.4 Å². The standard InChI is InChI=1S/C20H28N4O8S/c1-10(21)17(28)24-15(9-33)19(30)22-13(6-7-16(26)27)18(29)23-14(20(31)32)8-11-2-4-12(25)5-3-11/h2-5,10,13-15,25,33H,6-9,21H2,1H3,(H,22,30)(H,23,29)(H,24,28)(H,26,27)(H,31,32). The lowest BCUT2D eigenvalue weighted by Crippen LogP contribution is -2.57. The van der Waals surface area contributed by atoms with E-state index in [1.165, 1.54) is 31.2 Å². The molecule has 3 amide bonds. The van der Waals surface area contributed by atoms with Gasteiger partial charge < -0.3 is 37.0 Å². The van der Waals surface area contributed by atoms with Crippen LogP contribution in [0, 0.1) is 0 Å². The Hall–Kier alpha value is -3.32. The molecule has 0 bridgehead atoms. The summed E-state index contributed by atoms with van der Waals surface area (Å²) >= 11 is 4.00. The lowest BCUT2D eigenvalue weighted by molar-refractivity contribution is -0.143. The van der Waals surface area contributed by atoms with Gasteiger partial charge in [0.1, 0.15) is 23.9 Å². The Bertz CT molecular complexity index is 862. The molecule has 0 aliphatic heterocycles. The molecule has 4 unspecified atom stereocenters. The van der Waals surface area contributed by atoms with Gasteiger partial charge in [0.2, 0.25) is 17.7 Å². The van der Waals surface area contributed by atoms with E-state index < -0.39 is 60.2 Å². The van der Waals surface area contributed by atoms with E-state index in [2.05, 4.69) is 28.6 Å². The Labute approximate surface area is 195 Å². The Morgan fingerprint density at radius 1 is 0.909 bits per heavy atom. The lowest BCUT2D eigenvalue weighted by Gasteiger charge is -2.24. The van der Waals surface area contributed by atoms with E-state index in [1.807, 2.05) is 0 Å². The Morgan fingerprint density at radius 2 is 1.42 bits per heavy atom.